The van der Waals surface area contributed by atoms with Crippen molar-refractivity contribution < 1.29 is 17.5 Å². The molecular weight excluding hydrogens is 391 g/mol. The van der Waals surface area contributed by atoms with Crippen molar-refractivity contribution in [3.05, 3.63) is 60.4 Å². The van der Waals surface area contributed by atoms with Crippen molar-refractivity contribution in [1.82, 2.24) is 20.0 Å². The van der Waals surface area contributed by atoms with Crippen molar-refractivity contribution in [1.29, 1.82) is 0 Å². The van der Waals surface area contributed by atoms with Gasteiger partial charge in [0.05, 0.1) is 29.2 Å². The molecule has 0 aliphatic rings. The minimum Gasteiger partial charge on any atom is -0.497 e. The van der Waals surface area contributed by atoms with E-state index in [-0.39, 0.29) is 10.0 Å². The molecule has 4 aromatic rings. The zero-order valence-corrected chi connectivity index (χ0v) is 15.6. The molecule has 0 saturated carbocycles. The smallest absolute Gasteiger partial charge is 0.252 e. The Hall–Kier alpha value is -2.85. The number of methoxy groups -OCH3 is 1. The molecule has 0 bridgehead atoms. The maximum absolute atomic E-state index is 14.8. The van der Waals surface area contributed by atoms with Gasteiger partial charge in [-0.15, -0.1) is 16.4 Å². The van der Waals surface area contributed by atoms with Gasteiger partial charge in [-0.25, -0.2) is 22.5 Å². The summed E-state index contributed by atoms with van der Waals surface area (Å²) in [6.45, 7) is 0. The monoisotopic (exact) mass is 404 g/mol. The normalized spacial score (nSPS) is 13.0. The number of hydrogen-bond donors (Lipinski definition) is 0. The highest BCUT2D eigenvalue weighted by Gasteiger charge is 2.34. The molecule has 1 atom stereocenters. The molecule has 0 aliphatic carbocycles. The Labute approximate surface area is 158 Å². The average molecular weight is 404 g/mol. The third-order valence-electron chi connectivity index (χ3n) is 3.87. The van der Waals surface area contributed by atoms with Gasteiger partial charge in [-0.3, -0.25) is 0 Å². The molecular formula is C17H13FN4O3S2. The molecule has 0 saturated heterocycles. The Morgan fingerprint density at radius 1 is 1.15 bits per heavy atom. The van der Waals surface area contributed by atoms with Crippen molar-refractivity contribution in [3.63, 3.8) is 0 Å². The maximum atomic E-state index is 14.8. The van der Waals surface area contributed by atoms with Crippen LogP contribution in [0.2, 0.25) is 0 Å². The van der Waals surface area contributed by atoms with Crippen LogP contribution in [0.4, 0.5) is 4.39 Å². The fraction of sp³-hybridized carbons (Fsp3) is 0.118. The van der Waals surface area contributed by atoms with Crippen molar-refractivity contribution in [2.45, 2.75) is 9.84 Å². The third-order valence-corrected chi connectivity index (χ3v) is 7.01. The summed E-state index contributed by atoms with van der Waals surface area (Å²) in [7, 11) is -2.78. The molecule has 27 heavy (non-hydrogen) atoms. The van der Waals surface area contributed by atoms with Crippen LogP contribution in [0, 0.1) is 0 Å². The van der Waals surface area contributed by atoms with E-state index in [1.54, 1.807) is 55.6 Å². The van der Waals surface area contributed by atoms with Crippen molar-refractivity contribution >= 4 is 31.4 Å². The molecule has 7 nitrogen and oxygen atoms in total. The quantitative estimate of drug-likeness (QED) is 0.507. The molecule has 1 unspecified atom stereocenters. The molecule has 0 N–H and O–H groups in total. The van der Waals surface area contributed by atoms with Crippen LogP contribution in [0.1, 0.15) is 11.2 Å². The first-order chi connectivity index (χ1) is 13.0. The second-order valence-corrected chi connectivity index (χ2v) is 8.77. The number of alkyl halides is 1. The maximum Gasteiger partial charge on any atom is 0.252 e. The van der Waals surface area contributed by atoms with Crippen LogP contribution in [0.25, 0.3) is 15.9 Å². The summed E-state index contributed by atoms with van der Waals surface area (Å²) in [5.41, 5.74) is -1.55. The minimum atomic E-state index is -4.33. The summed E-state index contributed by atoms with van der Waals surface area (Å²) < 4.78 is 46.8. The van der Waals surface area contributed by atoms with E-state index in [0.717, 1.165) is 11.3 Å². The number of nitrogens with zero attached hydrogens (tertiary/aromatic N) is 4. The number of fused-ring (bicyclic) bond motifs is 1. The Kier molecular flexibility index (Phi) is 4.36. The Morgan fingerprint density at radius 3 is 2.59 bits per heavy atom. The first-order valence-corrected chi connectivity index (χ1v) is 10.2. The highest BCUT2D eigenvalue weighted by molar-refractivity contribution is 7.93. The SMILES string of the molecule is COc1ccc(-n2cc(C(F)S(=O)(=O)c3nc4ccccc4s3)nn2)cc1. The minimum absolute atomic E-state index is 0.282. The molecule has 0 fully saturated rings. The molecule has 0 spiro atoms. The van der Waals surface area contributed by atoms with Crippen molar-refractivity contribution in [3.8, 4) is 11.4 Å². The highest BCUT2D eigenvalue weighted by atomic mass is 32.2. The van der Waals surface area contributed by atoms with E-state index in [1.807, 2.05) is 0 Å². The Balaban J connectivity index is 1.65. The van der Waals surface area contributed by atoms with Gasteiger partial charge >= 0.3 is 0 Å². The topological polar surface area (TPSA) is 87.0 Å². The molecule has 10 heteroatoms. The summed E-state index contributed by atoms with van der Waals surface area (Å²) in [6, 6.07) is 13.7. The lowest BCUT2D eigenvalue weighted by atomic mass is 10.3. The van der Waals surface area contributed by atoms with Gasteiger partial charge in [0, 0.05) is 0 Å². The van der Waals surface area contributed by atoms with E-state index < -0.39 is 15.3 Å². The van der Waals surface area contributed by atoms with Gasteiger partial charge in [0.25, 0.3) is 5.50 Å². The zero-order chi connectivity index (χ0) is 19.0. The van der Waals surface area contributed by atoms with Crippen molar-refractivity contribution in [2.75, 3.05) is 7.11 Å². The van der Waals surface area contributed by atoms with Crippen LogP contribution in [-0.2, 0) is 9.84 Å². The number of ether oxygens (including phenoxy) is 1. The molecule has 0 radical (unpaired) electrons. The largest absolute Gasteiger partial charge is 0.497 e. The lowest BCUT2D eigenvalue weighted by molar-refractivity contribution is 0.414. The molecule has 0 amide bonds. The number of rotatable bonds is 5. The Morgan fingerprint density at radius 2 is 1.89 bits per heavy atom. The van der Waals surface area contributed by atoms with Crippen LogP contribution < -0.4 is 4.74 Å². The molecule has 4 rings (SSSR count). The predicted molar refractivity (Wildman–Crippen MR) is 98.6 cm³/mol. The molecule has 2 aromatic carbocycles. The number of halogens is 1. The third kappa shape index (κ3) is 3.17. The second kappa shape index (κ2) is 6.71. The number of sulfone groups is 1. The van der Waals surface area contributed by atoms with Gasteiger partial charge in [-0.2, -0.15) is 0 Å². The summed E-state index contributed by atoms with van der Waals surface area (Å²) in [5, 5.41) is 7.50. The van der Waals surface area contributed by atoms with E-state index in [4.69, 9.17) is 4.74 Å². The molecule has 138 valence electrons. The molecule has 2 aromatic heterocycles. The van der Waals surface area contributed by atoms with Crippen LogP contribution in [0.15, 0.2) is 59.1 Å². The Bertz CT molecular complexity index is 1170. The summed E-state index contributed by atoms with van der Waals surface area (Å²) in [4.78, 5) is 4.04. The van der Waals surface area contributed by atoms with Crippen molar-refractivity contribution in [2.24, 2.45) is 0 Å². The van der Waals surface area contributed by atoms with Gasteiger partial charge in [0.1, 0.15) is 11.4 Å². The second-order valence-electron chi connectivity index (χ2n) is 5.59. The summed E-state index contributed by atoms with van der Waals surface area (Å²) in [5.74, 6) is 0.654. The lowest BCUT2D eigenvalue weighted by Crippen LogP contribution is -2.09. The van der Waals surface area contributed by atoms with E-state index >= 15 is 0 Å². The molecule has 0 aliphatic heterocycles. The van der Waals surface area contributed by atoms with Crippen LogP contribution >= 0.6 is 11.3 Å². The van der Waals surface area contributed by atoms with Gasteiger partial charge in [-0.05, 0) is 36.4 Å². The van der Waals surface area contributed by atoms with E-state index in [1.165, 1.54) is 10.9 Å². The van der Waals surface area contributed by atoms with E-state index in [0.29, 0.717) is 21.7 Å². The number of aromatic nitrogens is 4. The van der Waals surface area contributed by atoms with Gasteiger partial charge in [-0.1, -0.05) is 17.3 Å². The number of hydrogen-bond acceptors (Lipinski definition) is 7. The van der Waals surface area contributed by atoms with Crippen LogP contribution in [-0.4, -0.2) is 35.5 Å². The number of benzene rings is 2. The average Bonchev–Trinajstić information content (AvgIpc) is 3.35. The predicted octanol–water partition coefficient (Wildman–Crippen LogP) is 3.33. The van der Waals surface area contributed by atoms with Crippen LogP contribution in [0.5, 0.6) is 5.75 Å². The zero-order valence-electron chi connectivity index (χ0n) is 14.0. The van der Waals surface area contributed by atoms with Gasteiger partial charge in [0.15, 0.2) is 0 Å². The number of thiazole rings is 1. The standard InChI is InChI=1S/C17H13FN4O3S2/c1-25-12-8-6-11(7-9-12)22-10-14(20-21-22)16(18)27(23,24)17-19-13-4-2-3-5-15(13)26-17/h2-10,16H,1H3. The molecule has 2 heterocycles. The highest BCUT2D eigenvalue weighted by Crippen LogP contribution is 2.34. The number of para-hydroxylation sites is 1. The van der Waals surface area contributed by atoms with Gasteiger partial charge in [0.2, 0.25) is 14.2 Å². The summed E-state index contributed by atoms with van der Waals surface area (Å²) >= 11 is 0.927. The lowest BCUT2D eigenvalue weighted by Gasteiger charge is -2.04. The fourth-order valence-corrected chi connectivity index (χ4v) is 4.98. The van der Waals surface area contributed by atoms with E-state index in [2.05, 4.69) is 15.3 Å². The van der Waals surface area contributed by atoms with Crippen LogP contribution in [0.3, 0.4) is 0 Å². The summed E-state index contributed by atoms with van der Waals surface area (Å²) in [6.07, 6.45) is 1.25. The first kappa shape index (κ1) is 17.6. The van der Waals surface area contributed by atoms with E-state index in [9.17, 15) is 12.8 Å². The van der Waals surface area contributed by atoms with Gasteiger partial charge < -0.3 is 4.74 Å². The first-order valence-electron chi connectivity index (χ1n) is 7.79. The fourth-order valence-electron chi connectivity index (χ4n) is 2.46.